The molecule has 3 fully saturated rings. The number of rotatable bonds is 5. The molecule has 4 unspecified atom stereocenters. The molecule has 2 aliphatic carbocycles. The number of carbonyl (C=O) groups excluding carboxylic acids is 1. The van der Waals surface area contributed by atoms with Crippen LogP contribution in [-0.2, 0) is 24.3 Å². The van der Waals surface area contributed by atoms with Gasteiger partial charge in [0.15, 0.2) is 0 Å². The molecule has 2 saturated carbocycles. The van der Waals surface area contributed by atoms with E-state index in [1.807, 2.05) is 0 Å². The van der Waals surface area contributed by atoms with Crippen LogP contribution in [0.3, 0.4) is 0 Å². The Morgan fingerprint density at radius 3 is 2.46 bits per heavy atom. The van der Waals surface area contributed by atoms with Gasteiger partial charge in [-0.2, -0.15) is 4.31 Å². The summed E-state index contributed by atoms with van der Waals surface area (Å²) in [6, 6.07) is 6.14. The molecule has 0 radical (unpaired) electrons. The van der Waals surface area contributed by atoms with Gasteiger partial charge in [-0.3, -0.25) is 9.59 Å². The van der Waals surface area contributed by atoms with E-state index in [2.05, 4.69) is 5.32 Å². The predicted molar refractivity (Wildman–Crippen MR) is 100 cm³/mol. The van der Waals surface area contributed by atoms with Gasteiger partial charge in [0.1, 0.15) is 0 Å². The first-order chi connectivity index (χ1) is 13.4. The SMILES string of the molecule is O=C(O)C1C2CCC(C2)C1C(=O)Nc1cccc(S(=O)(=O)N2CCOCC2)c1. The van der Waals surface area contributed by atoms with Crippen molar-refractivity contribution in [3.8, 4) is 0 Å². The van der Waals surface area contributed by atoms with Crippen LogP contribution < -0.4 is 5.32 Å². The summed E-state index contributed by atoms with van der Waals surface area (Å²) >= 11 is 0. The number of anilines is 1. The van der Waals surface area contributed by atoms with Gasteiger partial charge in [0, 0.05) is 18.8 Å². The van der Waals surface area contributed by atoms with Gasteiger partial charge in [-0.25, -0.2) is 8.42 Å². The van der Waals surface area contributed by atoms with Gasteiger partial charge in [0.25, 0.3) is 0 Å². The highest BCUT2D eigenvalue weighted by Gasteiger charge is 2.54. The first-order valence-corrected chi connectivity index (χ1v) is 11.0. The van der Waals surface area contributed by atoms with Gasteiger partial charge < -0.3 is 15.2 Å². The first-order valence-electron chi connectivity index (χ1n) is 9.59. The summed E-state index contributed by atoms with van der Waals surface area (Å²) in [5, 5.41) is 12.3. The zero-order valence-electron chi connectivity index (χ0n) is 15.4. The fourth-order valence-corrected chi connectivity index (χ4v) is 6.37. The molecule has 4 rings (SSSR count). The Kier molecular flexibility index (Phi) is 5.15. The van der Waals surface area contributed by atoms with Gasteiger partial charge in [-0.15, -0.1) is 0 Å². The first kappa shape index (κ1) is 19.4. The highest BCUT2D eigenvalue weighted by Crippen LogP contribution is 2.52. The minimum Gasteiger partial charge on any atom is -0.481 e. The molecule has 2 N–H and O–H groups in total. The number of carboxylic acid groups (broad SMARTS) is 1. The van der Waals surface area contributed by atoms with Crippen LogP contribution >= 0.6 is 0 Å². The summed E-state index contributed by atoms with van der Waals surface area (Å²) in [6.45, 7) is 1.31. The number of morpholine rings is 1. The molecule has 9 heteroatoms. The Morgan fingerprint density at radius 1 is 1.11 bits per heavy atom. The number of hydrogen-bond donors (Lipinski definition) is 2. The number of hydrogen-bond acceptors (Lipinski definition) is 5. The molecular formula is C19H24N2O6S. The average molecular weight is 408 g/mol. The number of ether oxygens (including phenoxy) is 1. The molecule has 2 bridgehead atoms. The zero-order chi connectivity index (χ0) is 19.9. The third-order valence-electron chi connectivity index (χ3n) is 6.21. The molecule has 1 amide bonds. The maximum atomic E-state index is 12.8. The monoisotopic (exact) mass is 408 g/mol. The number of carbonyl (C=O) groups is 2. The summed E-state index contributed by atoms with van der Waals surface area (Å²) < 4.78 is 32.2. The van der Waals surface area contributed by atoms with Crippen molar-refractivity contribution in [1.29, 1.82) is 0 Å². The Hall–Kier alpha value is -1.97. The highest BCUT2D eigenvalue weighted by atomic mass is 32.2. The Bertz CT molecular complexity index is 880. The minimum atomic E-state index is -3.66. The quantitative estimate of drug-likeness (QED) is 0.761. The van der Waals surface area contributed by atoms with E-state index >= 15 is 0 Å². The van der Waals surface area contributed by atoms with E-state index in [0.717, 1.165) is 19.3 Å². The maximum Gasteiger partial charge on any atom is 0.307 e. The zero-order valence-corrected chi connectivity index (χ0v) is 16.2. The van der Waals surface area contributed by atoms with Crippen molar-refractivity contribution in [2.45, 2.75) is 24.2 Å². The van der Waals surface area contributed by atoms with Crippen LogP contribution in [-0.4, -0.2) is 56.0 Å². The van der Waals surface area contributed by atoms with Gasteiger partial charge in [-0.1, -0.05) is 6.07 Å². The molecule has 1 heterocycles. The van der Waals surface area contributed by atoms with Crippen molar-refractivity contribution in [1.82, 2.24) is 4.31 Å². The number of benzene rings is 1. The fraction of sp³-hybridized carbons (Fsp3) is 0.579. The molecule has 0 spiro atoms. The van der Waals surface area contributed by atoms with Crippen LogP contribution in [0.15, 0.2) is 29.2 Å². The lowest BCUT2D eigenvalue weighted by atomic mass is 9.78. The molecule has 1 aliphatic heterocycles. The Labute approximate surface area is 163 Å². The topological polar surface area (TPSA) is 113 Å². The normalized spacial score (nSPS) is 30.3. The lowest BCUT2D eigenvalue weighted by molar-refractivity contribution is -0.148. The number of aliphatic carboxylic acids is 1. The van der Waals surface area contributed by atoms with Crippen molar-refractivity contribution in [3.05, 3.63) is 24.3 Å². The van der Waals surface area contributed by atoms with Crippen LogP contribution in [0.5, 0.6) is 0 Å². The molecule has 1 aromatic rings. The van der Waals surface area contributed by atoms with Crippen molar-refractivity contribution in [2.24, 2.45) is 23.7 Å². The molecule has 0 aromatic heterocycles. The number of carboxylic acids is 1. The summed E-state index contributed by atoms with van der Waals surface area (Å²) in [5.74, 6) is -2.32. The molecule has 4 atom stereocenters. The number of sulfonamides is 1. The van der Waals surface area contributed by atoms with Crippen LogP contribution in [0.4, 0.5) is 5.69 Å². The molecule has 1 saturated heterocycles. The minimum absolute atomic E-state index is 0.0614. The largest absolute Gasteiger partial charge is 0.481 e. The maximum absolute atomic E-state index is 12.8. The number of fused-ring (bicyclic) bond motifs is 2. The second-order valence-corrected chi connectivity index (χ2v) is 9.69. The van der Waals surface area contributed by atoms with Crippen LogP contribution in [0, 0.1) is 23.7 Å². The van der Waals surface area contributed by atoms with E-state index < -0.39 is 27.8 Å². The lowest BCUT2D eigenvalue weighted by Crippen LogP contribution is -2.40. The number of nitrogens with zero attached hydrogens (tertiary/aromatic N) is 1. The number of amides is 1. The van der Waals surface area contributed by atoms with Crippen molar-refractivity contribution in [3.63, 3.8) is 0 Å². The lowest BCUT2D eigenvalue weighted by Gasteiger charge is -2.27. The van der Waals surface area contributed by atoms with Crippen molar-refractivity contribution < 1.29 is 27.9 Å². The molecule has 152 valence electrons. The van der Waals surface area contributed by atoms with Gasteiger partial charge in [0.2, 0.25) is 15.9 Å². The van der Waals surface area contributed by atoms with Crippen LogP contribution in [0.2, 0.25) is 0 Å². The van der Waals surface area contributed by atoms with E-state index in [4.69, 9.17) is 4.74 Å². The van der Waals surface area contributed by atoms with Gasteiger partial charge in [-0.05, 0) is 49.3 Å². The average Bonchev–Trinajstić information content (AvgIpc) is 3.30. The van der Waals surface area contributed by atoms with Crippen molar-refractivity contribution >= 4 is 27.6 Å². The van der Waals surface area contributed by atoms with E-state index in [9.17, 15) is 23.1 Å². The third-order valence-corrected chi connectivity index (χ3v) is 8.11. The second kappa shape index (κ2) is 7.46. The van der Waals surface area contributed by atoms with E-state index in [-0.39, 0.29) is 22.6 Å². The Morgan fingerprint density at radius 2 is 1.79 bits per heavy atom. The fourth-order valence-electron chi connectivity index (χ4n) is 4.92. The second-order valence-electron chi connectivity index (χ2n) is 7.76. The smallest absolute Gasteiger partial charge is 0.307 e. The summed E-state index contributed by atoms with van der Waals surface area (Å²) in [6.07, 6.45) is 2.51. The molecule has 8 nitrogen and oxygen atoms in total. The molecule has 1 aromatic carbocycles. The van der Waals surface area contributed by atoms with Crippen molar-refractivity contribution in [2.75, 3.05) is 31.6 Å². The third kappa shape index (κ3) is 3.42. The standard InChI is InChI=1S/C19H24N2O6S/c22-18(16-12-4-5-13(10-12)17(16)19(23)24)20-14-2-1-3-15(11-14)28(25,26)21-6-8-27-9-7-21/h1-3,11-13,16-17H,4-10H2,(H,20,22)(H,23,24). The molecular weight excluding hydrogens is 384 g/mol. The van der Waals surface area contributed by atoms with Crippen LogP contribution in [0.25, 0.3) is 0 Å². The Balaban J connectivity index is 1.52. The summed E-state index contributed by atoms with van der Waals surface area (Å²) in [4.78, 5) is 24.6. The van der Waals surface area contributed by atoms with E-state index in [0.29, 0.717) is 32.0 Å². The predicted octanol–water partition coefficient (Wildman–Crippen LogP) is 1.39. The highest BCUT2D eigenvalue weighted by molar-refractivity contribution is 7.89. The van der Waals surface area contributed by atoms with E-state index in [1.54, 1.807) is 12.1 Å². The summed E-state index contributed by atoms with van der Waals surface area (Å²) in [7, 11) is -3.66. The van der Waals surface area contributed by atoms with Gasteiger partial charge in [0.05, 0.1) is 29.9 Å². The van der Waals surface area contributed by atoms with Crippen LogP contribution in [0.1, 0.15) is 19.3 Å². The summed E-state index contributed by atoms with van der Waals surface area (Å²) in [5.41, 5.74) is 0.367. The van der Waals surface area contributed by atoms with E-state index in [1.165, 1.54) is 16.4 Å². The molecule has 28 heavy (non-hydrogen) atoms. The molecule has 3 aliphatic rings. The van der Waals surface area contributed by atoms with Gasteiger partial charge >= 0.3 is 5.97 Å². The number of nitrogens with one attached hydrogen (secondary N) is 1.